The molecule has 3 aromatic carbocycles. The van der Waals surface area contributed by atoms with Gasteiger partial charge in [0.1, 0.15) is 5.60 Å². The van der Waals surface area contributed by atoms with E-state index in [0.29, 0.717) is 30.6 Å². The van der Waals surface area contributed by atoms with Crippen molar-refractivity contribution in [2.24, 2.45) is 0 Å². The zero-order valence-electron chi connectivity index (χ0n) is 22.6. The molecule has 0 unspecified atom stereocenters. The van der Waals surface area contributed by atoms with Gasteiger partial charge in [-0.15, -0.1) is 0 Å². The van der Waals surface area contributed by atoms with Crippen molar-refractivity contribution >= 4 is 18.0 Å². The second-order valence-electron chi connectivity index (χ2n) is 10.8. The zero-order valence-corrected chi connectivity index (χ0v) is 22.6. The van der Waals surface area contributed by atoms with Gasteiger partial charge < -0.3 is 4.74 Å². The maximum absolute atomic E-state index is 13.2. The van der Waals surface area contributed by atoms with Crippen molar-refractivity contribution < 1.29 is 14.3 Å². The first-order chi connectivity index (χ1) is 18.8. The predicted octanol–water partition coefficient (Wildman–Crippen LogP) is 6.32. The molecule has 0 amide bonds. The molecule has 198 valence electrons. The normalized spacial score (nSPS) is 15.9. The minimum atomic E-state index is -0.628. The molecule has 0 aliphatic carbocycles. The third-order valence-corrected chi connectivity index (χ3v) is 6.90. The molecule has 0 N–H and O–H groups in total. The molecule has 1 aliphatic heterocycles. The Morgan fingerprint density at radius 3 is 1.85 bits per heavy atom. The van der Waals surface area contributed by atoms with Crippen LogP contribution in [-0.4, -0.2) is 45.2 Å². The number of ether oxygens (including phenoxy) is 1. The minimum absolute atomic E-state index is 0.0966. The van der Waals surface area contributed by atoms with Gasteiger partial charge in [-0.05, 0) is 43.5 Å². The number of ketones is 1. The second-order valence-corrected chi connectivity index (χ2v) is 10.8. The number of nitrogens with zero attached hydrogens (tertiary/aromatic N) is 3. The molecule has 5 rings (SSSR count). The molecule has 0 radical (unpaired) electrons. The molecule has 1 fully saturated rings. The van der Waals surface area contributed by atoms with E-state index in [-0.39, 0.29) is 5.78 Å². The maximum atomic E-state index is 13.2. The summed E-state index contributed by atoms with van der Waals surface area (Å²) in [7, 11) is 0. The highest BCUT2D eigenvalue weighted by Gasteiger charge is 2.44. The molecule has 6 heteroatoms. The van der Waals surface area contributed by atoms with E-state index in [2.05, 4.69) is 82.8 Å². The Morgan fingerprint density at radius 1 is 0.846 bits per heavy atom. The predicted molar refractivity (Wildman–Crippen MR) is 152 cm³/mol. The molecule has 39 heavy (non-hydrogen) atoms. The molecule has 2 heterocycles. The van der Waals surface area contributed by atoms with Crippen molar-refractivity contribution in [2.75, 3.05) is 13.1 Å². The van der Waals surface area contributed by atoms with E-state index in [1.54, 1.807) is 12.4 Å². The summed E-state index contributed by atoms with van der Waals surface area (Å²) in [6, 6.07) is 31.4. The third kappa shape index (κ3) is 5.47. The Bertz CT molecular complexity index is 1370. The SMILES string of the molecule is CC(C)(C)OC(=O)n1cc(/C=C2\CN(C(c3ccccc3)(c3ccccc3)c3ccccc3)CCC2=O)cn1. The molecular formula is C33H33N3O3. The fourth-order valence-corrected chi connectivity index (χ4v) is 5.29. The largest absolute Gasteiger partial charge is 0.442 e. The fraction of sp³-hybridized carbons (Fsp3) is 0.242. The summed E-state index contributed by atoms with van der Waals surface area (Å²) in [4.78, 5) is 28.0. The lowest BCUT2D eigenvalue weighted by molar-refractivity contribution is -0.117. The van der Waals surface area contributed by atoms with Gasteiger partial charge in [-0.3, -0.25) is 9.69 Å². The number of piperidine rings is 1. The van der Waals surface area contributed by atoms with E-state index in [1.165, 1.54) is 4.68 Å². The average molecular weight is 520 g/mol. The van der Waals surface area contributed by atoms with Crippen LogP contribution in [0, 0.1) is 0 Å². The average Bonchev–Trinajstić information content (AvgIpc) is 3.41. The molecule has 0 atom stereocenters. The summed E-state index contributed by atoms with van der Waals surface area (Å²) in [6.45, 7) is 6.47. The van der Waals surface area contributed by atoms with Crippen LogP contribution in [0.2, 0.25) is 0 Å². The van der Waals surface area contributed by atoms with E-state index in [9.17, 15) is 9.59 Å². The summed E-state index contributed by atoms with van der Waals surface area (Å²) in [6.07, 6.45) is 4.86. The highest BCUT2D eigenvalue weighted by atomic mass is 16.6. The lowest BCUT2D eigenvalue weighted by atomic mass is 9.74. The van der Waals surface area contributed by atoms with E-state index >= 15 is 0 Å². The van der Waals surface area contributed by atoms with Crippen LogP contribution < -0.4 is 0 Å². The quantitative estimate of drug-likeness (QED) is 0.228. The van der Waals surface area contributed by atoms with Crippen molar-refractivity contribution in [3.05, 3.63) is 131 Å². The molecule has 1 aromatic heterocycles. The number of likely N-dealkylation sites (tertiary alicyclic amines) is 1. The van der Waals surface area contributed by atoms with Crippen LogP contribution in [0.1, 0.15) is 49.4 Å². The van der Waals surface area contributed by atoms with Gasteiger partial charge in [0, 0.05) is 36.8 Å². The Kier molecular flexibility index (Phi) is 7.31. The standard InChI is InChI=1S/C33H33N3O3/c1-32(2,3)39-31(38)36-23-25(22-34-36)21-26-24-35(20-19-30(26)37)33(27-13-7-4-8-14-27,28-15-9-5-10-16-28)29-17-11-6-12-18-29/h4-18,21-23H,19-20,24H2,1-3H3/b26-21+. The van der Waals surface area contributed by atoms with Gasteiger partial charge in [-0.2, -0.15) is 9.78 Å². The van der Waals surface area contributed by atoms with Crippen LogP contribution in [0.3, 0.4) is 0 Å². The van der Waals surface area contributed by atoms with Crippen molar-refractivity contribution in [2.45, 2.75) is 38.3 Å². The maximum Gasteiger partial charge on any atom is 0.435 e. The summed E-state index contributed by atoms with van der Waals surface area (Å²) >= 11 is 0. The molecule has 6 nitrogen and oxygen atoms in total. The number of hydrogen-bond donors (Lipinski definition) is 0. The van der Waals surface area contributed by atoms with Crippen molar-refractivity contribution in [3.8, 4) is 0 Å². The summed E-state index contributed by atoms with van der Waals surface area (Å²) < 4.78 is 6.59. The summed E-state index contributed by atoms with van der Waals surface area (Å²) in [5, 5.41) is 4.17. The monoisotopic (exact) mass is 519 g/mol. The van der Waals surface area contributed by atoms with E-state index in [4.69, 9.17) is 4.74 Å². The zero-order chi connectivity index (χ0) is 27.5. The number of Topliss-reactive ketones (excluding diaryl/α,β-unsaturated/α-hetero) is 1. The highest BCUT2D eigenvalue weighted by Crippen LogP contribution is 2.44. The van der Waals surface area contributed by atoms with Crippen LogP contribution in [0.4, 0.5) is 4.79 Å². The Labute approximate surface area is 229 Å². The number of aromatic nitrogens is 2. The molecule has 1 aliphatic rings. The second kappa shape index (κ2) is 10.8. The molecular weight excluding hydrogens is 486 g/mol. The van der Waals surface area contributed by atoms with Gasteiger partial charge in [0.15, 0.2) is 5.78 Å². The molecule has 1 saturated heterocycles. The first-order valence-corrected chi connectivity index (χ1v) is 13.2. The number of carbonyl (C=O) groups is 2. The van der Waals surface area contributed by atoms with Crippen LogP contribution >= 0.6 is 0 Å². The Balaban J connectivity index is 1.58. The van der Waals surface area contributed by atoms with Crippen molar-refractivity contribution in [1.29, 1.82) is 0 Å². The third-order valence-electron chi connectivity index (χ3n) is 6.90. The minimum Gasteiger partial charge on any atom is -0.442 e. The number of carbonyl (C=O) groups excluding carboxylic acids is 2. The van der Waals surface area contributed by atoms with Crippen molar-refractivity contribution in [1.82, 2.24) is 14.7 Å². The molecule has 0 spiro atoms. The molecule has 0 bridgehead atoms. The summed E-state index contributed by atoms with van der Waals surface area (Å²) in [5.41, 5.74) is 3.52. The smallest absolute Gasteiger partial charge is 0.435 e. The van der Waals surface area contributed by atoms with Crippen LogP contribution in [-0.2, 0) is 15.1 Å². The lowest BCUT2D eigenvalue weighted by Crippen LogP contribution is -2.52. The van der Waals surface area contributed by atoms with E-state index in [1.807, 2.05) is 45.0 Å². The fourth-order valence-electron chi connectivity index (χ4n) is 5.29. The lowest BCUT2D eigenvalue weighted by Gasteiger charge is -2.47. The van der Waals surface area contributed by atoms with Crippen LogP contribution in [0.25, 0.3) is 6.08 Å². The van der Waals surface area contributed by atoms with Gasteiger partial charge in [0.05, 0.1) is 11.7 Å². The first kappa shape index (κ1) is 26.3. The van der Waals surface area contributed by atoms with E-state index in [0.717, 1.165) is 16.7 Å². The van der Waals surface area contributed by atoms with Gasteiger partial charge in [0.2, 0.25) is 0 Å². The number of hydrogen-bond acceptors (Lipinski definition) is 5. The van der Waals surface area contributed by atoms with Gasteiger partial charge in [-0.25, -0.2) is 4.79 Å². The van der Waals surface area contributed by atoms with Gasteiger partial charge >= 0.3 is 6.09 Å². The topological polar surface area (TPSA) is 64.4 Å². The van der Waals surface area contributed by atoms with E-state index < -0.39 is 17.2 Å². The van der Waals surface area contributed by atoms with Crippen LogP contribution in [0.5, 0.6) is 0 Å². The Hall–Kier alpha value is -4.29. The van der Waals surface area contributed by atoms with Crippen LogP contribution in [0.15, 0.2) is 109 Å². The number of benzene rings is 3. The highest BCUT2D eigenvalue weighted by molar-refractivity contribution is 6.00. The molecule has 4 aromatic rings. The first-order valence-electron chi connectivity index (χ1n) is 13.2. The van der Waals surface area contributed by atoms with Gasteiger partial charge in [-0.1, -0.05) is 91.0 Å². The molecule has 0 saturated carbocycles. The number of rotatable bonds is 5. The van der Waals surface area contributed by atoms with Crippen molar-refractivity contribution in [3.63, 3.8) is 0 Å². The van der Waals surface area contributed by atoms with Gasteiger partial charge in [0.25, 0.3) is 0 Å². The summed E-state index contributed by atoms with van der Waals surface area (Å²) in [5.74, 6) is 0.0966. The Morgan fingerprint density at radius 2 is 1.36 bits per heavy atom.